The molecule has 0 radical (unpaired) electrons. The van der Waals surface area contributed by atoms with Crippen LogP contribution >= 0.6 is 11.3 Å². The number of pyridine rings is 2. The lowest BCUT2D eigenvalue weighted by molar-refractivity contribution is 0.102. The number of aromatic nitrogens is 6. The van der Waals surface area contributed by atoms with Crippen molar-refractivity contribution in [2.24, 2.45) is 0 Å². The van der Waals surface area contributed by atoms with Crippen molar-refractivity contribution in [1.29, 1.82) is 0 Å². The third kappa shape index (κ3) is 4.62. The van der Waals surface area contributed by atoms with Crippen molar-refractivity contribution in [3.8, 4) is 33.2 Å². The van der Waals surface area contributed by atoms with Crippen LogP contribution in [0.1, 0.15) is 47.8 Å². The fraction of sp³-hybridized carbons (Fsp3) is 0.258. The number of imidazole rings is 1. The predicted octanol–water partition coefficient (Wildman–Crippen LogP) is 7.01. The molecule has 1 fully saturated rings. The Hall–Kier alpha value is -4.28. The average molecular weight is 566 g/mol. The second-order valence-corrected chi connectivity index (χ2v) is 11.8. The first-order chi connectivity index (χ1) is 20.0. The van der Waals surface area contributed by atoms with Crippen LogP contribution in [0.15, 0.2) is 55.0 Å². The van der Waals surface area contributed by atoms with Crippen LogP contribution in [0.3, 0.4) is 0 Å². The van der Waals surface area contributed by atoms with Gasteiger partial charge < -0.3 is 4.98 Å². The van der Waals surface area contributed by atoms with Crippen LogP contribution in [0.5, 0.6) is 0 Å². The Labute approximate surface area is 239 Å². The molecule has 0 amide bonds. The molecule has 2 N–H and O–H groups in total. The Morgan fingerprint density at radius 1 is 1.10 bits per heavy atom. The fourth-order valence-corrected chi connectivity index (χ4v) is 6.73. The average Bonchev–Trinajstić information content (AvgIpc) is 3.78. The molecule has 8 nitrogen and oxygen atoms in total. The second kappa shape index (κ2) is 10.3. The summed E-state index contributed by atoms with van der Waals surface area (Å²) in [4.78, 5) is 32.8. The van der Waals surface area contributed by atoms with E-state index in [4.69, 9.17) is 4.98 Å². The van der Waals surface area contributed by atoms with E-state index in [9.17, 15) is 4.79 Å². The van der Waals surface area contributed by atoms with Gasteiger partial charge in [-0.1, -0.05) is 12.8 Å². The van der Waals surface area contributed by atoms with Crippen molar-refractivity contribution in [3.05, 3.63) is 71.2 Å². The van der Waals surface area contributed by atoms with Crippen LogP contribution in [-0.4, -0.2) is 53.9 Å². The first-order valence-corrected chi connectivity index (χ1v) is 14.6. The van der Waals surface area contributed by atoms with Gasteiger partial charge in [-0.25, -0.2) is 9.37 Å². The van der Waals surface area contributed by atoms with E-state index in [1.165, 1.54) is 37.0 Å². The van der Waals surface area contributed by atoms with E-state index in [1.54, 1.807) is 31.5 Å². The maximum Gasteiger partial charge on any atom is 0.169 e. The van der Waals surface area contributed by atoms with Gasteiger partial charge in [0, 0.05) is 42.3 Å². The molecular weight excluding hydrogens is 537 g/mol. The van der Waals surface area contributed by atoms with Gasteiger partial charge in [0.05, 0.1) is 26.2 Å². The molecule has 1 aliphatic rings. The van der Waals surface area contributed by atoms with Gasteiger partial charge in [0.2, 0.25) is 0 Å². The molecule has 1 aliphatic carbocycles. The van der Waals surface area contributed by atoms with Gasteiger partial charge >= 0.3 is 0 Å². The summed E-state index contributed by atoms with van der Waals surface area (Å²) in [7, 11) is 2.15. The molecule has 0 spiro atoms. The molecule has 0 bridgehead atoms. The van der Waals surface area contributed by atoms with Crippen molar-refractivity contribution in [3.63, 3.8) is 0 Å². The smallest absolute Gasteiger partial charge is 0.169 e. The number of carbonyl (C=O) groups excluding carboxylic acids is 1. The first kappa shape index (κ1) is 25.7. The van der Waals surface area contributed by atoms with Crippen LogP contribution in [0.2, 0.25) is 0 Å². The normalized spacial score (nSPS) is 14.1. The third-order valence-electron chi connectivity index (χ3n) is 7.96. The number of carbonyl (C=O) groups is 1. The maximum atomic E-state index is 16.3. The first-order valence-electron chi connectivity index (χ1n) is 13.7. The van der Waals surface area contributed by atoms with Gasteiger partial charge in [-0.3, -0.25) is 24.8 Å². The van der Waals surface area contributed by atoms with Gasteiger partial charge in [-0.15, -0.1) is 11.3 Å². The fourth-order valence-electron chi connectivity index (χ4n) is 5.83. The molecule has 5 aromatic heterocycles. The second-order valence-electron chi connectivity index (χ2n) is 10.7. The molecule has 0 saturated heterocycles. The number of nitrogens with one attached hydrogen (secondary N) is 2. The minimum atomic E-state index is -0.377. The number of ketones is 1. The van der Waals surface area contributed by atoms with E-state index in [-0.39, 0.29) is 11.6 Å². The van der Waals surface area contributed by atoms with E-state index in [2.05, 4.69) is 37.1 Å². The Bertz CT molecular complexity index is 1920. The lowest BCUT2D eigenvalue weighted by Crippen LogP contribution is -2.28. The summed E-state index contributed by atoms with van der Waals surface area (Å²) in [5.41, 5.74) is 5.26. The van der Waals surface area contributed by atoms with Crippen molar-refractivity contribution in [2.75, 3.05) is 7.05 Å². The Morgan fingerprint density at radius 3 is 2.76 bits per heavy atom. The summed E-state index contributed by atoms with van der Waals surface area (Å²) in [6.07, 6.45) is 10.3. The highest BCUT2D eigenvalue weighted by Crippen LogP contribution is 2.36. The zero-order valence-electron chi connectivity index (χ0n) is 22.7. The van der Waals surface area contributed by atoms with Crippen LogP contribution in [0.25, 0.3) is 55.2 Å². The van der Waals surface area contributed by atoms with Gasteiger partial charge in [0.25, 0.3) is 0 Å². The van der Waals surface area contributed by atoms with E-state index in [0.717, 1.165) is 28.1 Å². The number of aromatic amines is 2. The molecule has 10 heteroatoms. The molecule has 206 valence electrons. The van der Waals surface area contributed by atoms with Crippen LogP contribution in [-0.2, 0) is 6.54 Å². The Morgan fingerprint density at radius 2 is 1.95 bits per heavy atom. The highest BCUT2D eigenvalue weighted by Gasteiger charge is 2.22. The summed E-state index contributed by atoms with van der Waals surface area (Å²) in [6, 6.07) is 11.7. The van der Waals surface area contributed by atoms with E-state index in [1.807, 2.05) is 30.5 Å². The number of benzene rings is 1. The Kier molecular flexibility index (Phi) is 6.44. The molecule has 41 heavy (non-hydrogen) atoms. The van der Waals surface area contributed by atoms with Crippen molar-refractivity contribution >= 4 is 39.1 Å². The van der Waals surface area contributed by atoms with E-state index in [0.29, 0.717) is 50.1 Å². The number of nitrogens with zero attached hydrogens (tertiary/aromatic N) is 5. The Balaban J connectivity index is 1.27. The van der Waals surface area contributed by atoms with Crippen molar-refractivity contribution in [1.82, 2.24) is 35.0 Å². The lowest BCUT2D eigenvalue weighted by Gasteiger charge is -2.24. The number of hydrogen-bond donors (Lipinski definition) is 2. The zero-order chi connectivity index (χ0) is 28.1. The van der Waals surface area contributed by atoms with Crippen LogP contribution in [0.4, 0.5) is 4.39 Å². The number of hydrogen-bond acceptors (Lipinski definition) is 7. The topological polar surface area (TPSA) is 103 Å². The SMILES string of the molecule is CC(=O)c1ccc(-c2nccc3[nH]c(-c4n[nH]c5ccc(-c6cncc(CN(C)C7CCCC7)c6)c(F)c45)nc23)s1. The molecular formula is C31H28FN7OS. The number of fused-ring (bicyclic) bond motifs is 2. The number of H-pyrrole nitrogens is 2. The highest BCUT2D eigenvalue weighted by atomic mass is 32.1. The molecule has 6 aromatic rings. The van der Waals surface area contributed by atoms with Gasteiger partial charge in [0.15, 0.2) is 11.6 Å². The molecule has 1 saturated carbocycles. The largest absolute Gasteiger partial charge is 0.336 e. The molecule has 0 atom stereocenters. The molecule has 5 heterocycles. The van der Waals surface area contributed by atoms with Crippen LogP contribution in [0, 0.1) is 5.82 Å². The zero-order valence-corrected chi connectivity index (χ0v) is 23.6. The highest BCUT2D eigenvalue weighted by molar-refractivity contribution is 7.17. The maximum absolute atomic E-state index is 16.3. The minimum Gasteiger partial charge on any atom is -0.336 e. The molecule has 0 aliphatic heterocycles. The third-order valence-corrected chi connectivity index (χ3v) is 9.16. The quantitative estimate of drug-likeness (QED) is 0.202. The molecule has 7 rings (SSSR count). The van der Waals surface area contributed by atoms with E-state index < -0.39 is 0 Å². The summed E-state index contributed by atoms with van der Waals surface area (Å²) in [5.74, 6) is 0.0643. The number of halogens is 1. The molecule has 1 aromatic carbocycles. The minimum absolute atomic E-state index is 0.00647. The summed E-state index contributed by atoms with van der Waals surface area (Å²) < 4.78 is 16.3. The standard InChI is InChI=1S/C31H28FN7OS/c1-17(40)24-9-10-25(41-24)29-28-23(11-12-34-29)35-31(36-28)30-26-22(37-38-30)8-7-21(27(26)32)19-13-18(14-33-15-19)16-39(2)20-5-3-4-6-20/h7-15,20H,3-6,16H2,1-2H3,(H,35,36)(H,37,38). The van der Waals surface area contributed by atoms with Crippen LogP contribution < -0.4 is 0 Å². The van der Waals surface area contributed by atoms with Gasteiger partial charge in [0.1, 0.15) is 22.7 Å². The summed E-state index contributed by atoms with van der Waals surface area (Å²) in [5, 5.41) is 7.76. The number of rotatable bonds is 7. The summed E-state index contributed by atoms with van der Waals surface area (Å²) in [6.45, 7) is 2.32. The summed E-state index contributed by atoms with van der Waals surface area (Å²) >= 11 is 1.38. The van der Waals surface area contributed by atoms with Crippen molar-refractivity contribution in [2.45, 2.75) is 45.2 Å². The lowest BCUT2D eigenvalue weighted by atomic mass is 10.0. The predicted molar refractivity (Wildman–Crippen MR) is 159 cm³/mol. The molecule has 0 unspecified atom stereocenters. The van der Waals surface area contributed by atoms with Gasteiger partial charge in [-0.2, -0.15) is 5.10 Å². The van der Waals surface area contributed by atoms with Crippen molar-refractivity contribution < 1.29 is 9.18 Å². The number of thiophene rings is 1. The van der Waals surface area contributed by atoms with E-state index >= 15 is 4.39 Å². The number of Topliss-reactive ketones (excluding diaryl/α,β-unsaturated/α-hetero) is 1. The van der Waals surface area contributed by atoms with Gasteiger partial charge in [-0.05, 0) is 68.8 Å². The monoisotopic (exact) mass is 565 g/mol.